The first-order valence-corrected chi connectivity index (χ1v) is 5.93. The third-order valence-corrected chi connectivity index (χ3v) is 2.82. The Morgan fingerprint density at radius 2 is 1.95 bits per heavy atom. The molecule has 2 aromatic carbocycles. The van der Waals surface area contributed by atoms with Gasteiger partial charge in [0.1, 0.15) is 5.75 Å². The minimum absolute atomic E-state index is 0.0426. The highest BCUT2D eigenvalue weighted by atomic mass is 19.3. The van der Waals surface area contributed by atoms with Gasteiger partial charge in [-0.05, 0) is 42.8 Å². The lowest BCUT2D eigenvalue weighted by atomic mass is 9.98. The zero-order valence-corrected chi connectivity index (χ0v) is 10.8. The van der Waals surface area contributed by atoms with Gasteiger partial charge >= 0.3 is 6.61 Å². The average molecular weight is 277 g/mol. The molecule has 5 heteroatoms. The minimum atomic E-state index is -2.92. The molecule has 0 saturated heterocycles. The van der Waals surface area contributed by atoms with E-state index in [0.717, 1.165) is 5.56 Å². The maximum atomic E-state index is 12.3. The topological polar surface area (TPSA) is 52.3 Å². The van der Waals surface area contributed by atoms with Crippen LogP contribution in [-0.2, 0) is 0 Å². The number of hydrogen-bond acceptors (Lipinski definition) is 3. The van der Waals surface area contributed by atoms with Crippen molar-refractivity contribution in [3.63, 3.8) is 0 Å². The molecule has 0 spiro atoms. The van der Waals surface area contributed by atoms with Crippen LogP contribution in [0.1, 0.15) is 21.5 Å². The molecule has 2 aromatic rings. The number of nitrogens with two attached hydrogens (primary N) is 1. The van der Waals surface area contributed by atoms with Gasteiger partial charge in [0.2, 0.25) is 0 Å². The lowest BCUT2D eigenvalue weighted by Crippen LogP contribution is -2.06. The fourth-order valence-electron chi connectivity index (χ4n) is 1.91. The van der Waals surface area contributed by atoms with E-state index in [1.807, 2.05) is 0 Å². The minimum Gasteiger partial charge on any atom is -0.435 e. The molecule has 0 heterocycles. The molecule has 20 heavy (non-hydrogen) atoms. The highest BCUT2D eigenvalue weighted by Gasteiger charge is 2.13. The summed E-state index contributed by atoms with van der Waals surface area (Å²) in [7, 11) is 0. The predicted molar refractivity (Wildman–Crippen MR) is 72.1 cm³/mol. The van der Waals surface area contributed by atoms with Crippen LogP contribution in [0.5, 0.6) is 5.75 Å². The summed E-state index contributed by atoms with van der Waals surface area (Å²) in [5, 5.41) is 0. The van der Waals surface area contributed by atoms with E-state index in [9.17, 15) is 13.6 Å². The maximum absolute atomic E-state index is 12.3. The second kappa shape index (κ2) is 5.69. The molecule has 3 nitrogen and oxygen atoms in total. The van der Waals surface area contributed by atoms with Crippen LogP contribution in [-0.4, -0.2) is 12.4 Å². The molecule has 104 valence electrons. The van der Waals surface area contributed by atoms with Crippen molar-refractivity contribution in [1.82, 2.24) is 0 Å². The number of halogens is 2. The average Bonchev–Trinajstić information content (AvgIpc) is 2.37. The third kappa shape index (κ3) is 3.12. The van der Waals surface area contributed by atoms with Crippen LogP contribution in [0, 0.1) is 6.92 Å². The monoisotopic (exact) mass is 277 g/mol. The van der Waals surface area contributed by atoms with Crippen molar-refractivity contribution in [2.45, 2.75) is 13.5 Å². The molecule has 0 aliphatic rings. The Morgan fingerprint density at radius 3 is 2.60 bits per heavy atom. The molecule has 0 unspecified atom stereocenters. The van der Waals surface area contributed by atoms with Gasteiger partial charge in [0.15, 0.2) is 5.78 Å². The summed E-state index contributed by atoms with van der Waals surface area (Å²) in [6.07, 6.45) is 0. The number of rotatable bonds is 4. The number of ketones is 1. The molecular formula is C15H13F2NO2. The molecule has 0 aliphatic carbocycles. The molecule has 0 radical (unpaired) electrons. The molecule has 0 bridgehead atoms. The second-order valence-corrected chi connectivity index (χ2v) is 4.31. The number of alkyl halides is 2. The summed E-state index contributed by atoms with van der Waals surface area (Å²) in [4.78, 5) is 12.3. The van der Waals surface area contributed by atoms with Crippen molar-refractivity contribution in [2.24, 2.45) is 0 Å². The zero-order chi connectivity index (χ0) is 14.7. The van der Waals surface area contributed by atoms with E-state index in [1.54, 1.807) is 31.2 Å². The van der Waals surface area contributed by atoms with Gasteiger partial charge < -0.3 is 10.5 Å². The van der Waals surface area contributed by atoms with Crippen molar-refractivity contribution in [1.29, 1.82) is 0 Å². The Hall–Kier alpha value is -2.43. The van der Waals surface area contributed by atoms with Gasteiger partial charge in [0.25, 0.3) is 0 Å². The van der Waals surface area contributed by atoms with E-state index in [0.29, 0.717) is 11.3 Å². The Balaban J connectivity index is 2.33. The van der Waals surface area contributed by atoms with Crippen molar-refractivity contribution >= 4 is 11.5 Å². The quantitative estimate of drug-likeness (QED) is 0.688. The first kappa shape index (κ1) is 14.0. The van der Waals surface area contributed by atoms with E-state index in [2.05, 4.69) is 4.74 Å². The van der Waals surface area contributed by atoms with Crippen LogP contribution >= 0.6 is 0 Å². The molecule has 0 aliphatic heterocycles. The van der Waals surface area contributed by atoms with Crippen LogP contribution < -0.4 is 10.5 Å². The fraction of sp³-hybridized carbons (Fsp3) is 0.133. The smallest absolute Gasteiger partial charge is 0.387 e. The number of carbonyl (C=O) groups excluding carboxylic acids is 1. The van der Waals surface area contributed by atoms with Crippen LogP contribution in [0.3, 0.4) is 0 Å². The Kier molecular flexibility index (Phi) is 3.98. The maximum Gasteiger partial charge on any atom is 0.387 e. The van der Waals surface area contributed by atoms with Crippen molar-refractivity contribution in [3.05, 3.63) is 59.2 Å². The standard InChI is InChI=1S/C15H13F2NO2/c1-9-7-11(18)5-6-13(9)14(19)10-3-2-4-12(8-10)20-15(16)17/h2-8,15H,18H2,1H3. The highest BCUT2D eigenvalue weighted by Crippen LogP contribution is 2.21. The molecular weight excluding hydrogens is 264 g/mol. The summed E-state index contributed by atoms with van der Waals surface area (Å²) in [6.45, 7) is -1.15. The molecule has 0 fully saturated rings. The van der Waals surface area contributed by atoms with Gasteiger partial charge in [-0.1, -0.05) is 12.1 Å². The van der Waals surface area contributed by atoms with Crippen LogP contribution in [0.25, 0.3) is 0 Å². The summed E-state index contributed by atoms with van der Waals surface area (Å²) in [5.41, 5.74) is 7.69. The molecule has 0 amide bonds. The number of benzene rings is 2. The third-order valence-electron chi connectivity index (χ3n) is 2.82. The molecule has 2 N–H and O–H groups in total. The Morgan fingerprint density at radius 1 is 1.20 bits per heavy atom. The first-order chi connectivity index (χ1) is 9.47. The van der Waals surface area contributed by atoms with E-state index >= 15 is 0 Å². The van der Waals surface area contributed by atoms with Crippen molar-refractivity contribution in [2.75, 3.05) is 5.73 Å². The van der Waals surface area contributed by atoms with Gasteiger partial charge in [-0.2, -0.15) is 8.78 Å². The Labute approximate surface area is 115 Å². The lowest BCUT2D eigenvalue weighted by Gasteiger charge is -2.08. The van der Waals surface area contributed by atoms with Crippen LogP contribution in [0.15, 0.2) is 42.5 Å². The number of nitrogen functional groups attached to an aromatic ring is 1. The molecule has 0 aromatic heterocycles. The van der Waals surface area contributed by atoms with Gasteiger partial charge in [-0.15, -0.1) is 0 Å². The normalized spacial score (nSPS) is 10.6. The summed E-state index contributed by atoms with van der Waals surface area (Å²) in [5.74, 6) is -0.304. The summed E-state index contributed by atoms with van der Waals surface area (Å²) >= 11 is 0. The highest BCUT2D eigenvalue weighted by molar-refractivity contribution is 6.10. The van der Waals surface area contributed by atoms with Gasteiger partial charge in [0.05, 0.1) is 0 Å². The number of hydrogen-bond donors (Lipinski definition) is 1. The largest absolute Gasteiger partial charge is 0.435 e. The molecule has 2 rings (SSSR count). The number of carbonyl (C=O) groups is 1. The number of ether oxygens (including phenoxy) is 1. The Bertz CT molecular complexity index is 642. The zero-order valence-electron chi connectivity index (χ0n) is 10.8. The van der Waals surface area contributed by atoms with Crippen molar-refractivity contribution < 1.29 is 18.3 Å². The molecule has 0 saturated carbocycles. The van der Waals surface area contributed by atoms with Crippen LogP contribution in [0.2, 0.25) is 0 Å². The summed E-state index contributed by atoms with van der Waals surface area (Å²) < 4.78 is 28.6. The summed E-state index contributed by atoms with van der Waals surface area (Å²) in [6, 6.07) is 10.7. The van der Waals surface area contributed by atoms with E-state index in [-0.39, 0.29) is 17.1 Å². The van der Waals surface area contributed by atoms with Crippen molar-refractivity contribution in [3.8, 4) is 5.75 Å². The van der Waals surface area contributed by atoms with E-state index < -0.39 is 6.61 Å². The van der Waals surface area contributed by atoms with E-state index in [4.69, 9.17) is 5.73 Å². The second-order valence-electron chi connectivity index (χ2n) is 4.31. The molecule has 0 atom stereocenters. The van der Waals surface area contributed by atoms with Gasteiger partial charge in [0, 0.05) is 16.8 Å². The predicted octanol–water partition coefficient (Wildman–Crippen LogP) is 3.41. The van der Waals surface area contributed by atoms with Gasteiger partial charge in [-0.3, -0.25) is 4.79 Å². The number of aryl methyl sites for hydroxylation is 1. The van der Waals surface area contributed by atoms with E-state index in [1.165, 1.54) is 18.2 Å². The lowest BCUT2D eigenvalue weighted by molar-refractivity contribution is -0.0498. The van der Waals surface area contributed by atoms with Gasteiger partial charge in [-0.25, -0.2) is 0 Å². The number of anilines is 1. The fourth-order valence-corrected chi connectivity index (χ4v) is 1.91. The van der Waals surface area contributed by atoms with Crippen LogP contribution in [0.4, 0.5) is 14.5 Å². The SMILES string of the molecule is Cc1cc(N)ccc1C(=O)c1cccc(OC(F)F)c1. The first-order valence-electron chi connectivity index (χ1n) is 5.93.